The number of carbonyl (C=O) groups is 1. The van der Waals surface area contributed by atoms with Gasteiger partial charge in [-0.3, -0.25) is 9.69 Å². The molecule has 114 valence electrons. The number of aromatic nitrogens is 1. The van der Waals surface area contributed by atoms with E-state index in [-0.39, 0.29) is 17.6 Å². The minimum Gasteiger partial charge on any atom is -0.478 e. The first-order valence-corrected chi connectivity index (χ1v) is 7.89. The molecule has 1 aromatic heterocycles. The zero-order valence-corrected chi connectivity index (χ0v) is 12.9. The summed E-state index contributed by atoms with van der Waals surface area (Å²) in [5.74, 6) is 0.210. The van der Waals surface area contributed by atoms with Gasteiger partial charge in [0.1, 0.15) is 0 Å². The van der Waals surface area contributed by atoms with Gasteiger partial charge >= 0.3 is 0 Å². The van der Waals surface area contributed by atoms with Gasteiger partial charge in [0.2, 0.25) is 5.88 Å². The smallest absolute Gasteiger partial charge is 0.271 e. The minimum absolute atomic E-state index is 0.187. The van der Waals surface area contributed by atoms with Crippen LogP contribution in [-0.4, -0.2) is 47.6 Å². The molecule has 5 nitrogen and oxygen atoms in total. The Hall–Kier alpha value is -1.33. The Balaban J connectivity index is 1.63. The van der Waals surface area contributed by atoms with Crippen LogP contribution < -0.4 is 10.1 Å². The summed E-state index contributed by atoms with van der Waals surface area (Å²) in [4.78, 5) is 19.0. The van der Waals surface area contributed by atoms with Crippen molar-refractivity contribution in [3.05, 3.63) is 22.8 Å². The number of likely N-dealkylation sites (tertiary alicyclic amines) is 1. The van der Waals surface area contributed by atoms with Crippen LogP contribution in [0, 0.1) is 0 Å². The highest BCUT2D eigenvalue weighted by atomic mass is 35.5. The number of ether oxygens (including phenoxy) is 1. The van der Waals surface area contributed by atoms with Crippen LogP contribution in [0.1, 0.15) is 36.7 Å². The molecule has 2 aliphatic rings. The second-order valence-electron chi connectivity index (χ2n) is 5.60. The summed E-state index contributed by atoms with van der Waals surface area (Å²) >= 11 is 6.08. The van der Waals surface area contributed by atoms with E-state index < -0.39 is 0 Å². The molecule has 0 unspecified atom stereocenters. The normalized spacial score (nSPS) is 22.3. The SMILES string of the molecule is CCOc1ccc(Cl)c(C(=O)N[C@@H]2CCN(C3CC3)C2)n1. The fourth-order valence-corrected chi connectivity index (χ4v) is 2.93. The molecule has 1 amide bonds. The van der Waals surface area contributed by atoms with Crippen molar-refractivity contribution in [3.8, 4) is 5.88 Å². The van der Waals surface area contributed by atoms with E-state index in [2.05, 4.69) is 15.2 Å². The standard InChI is InChI=1S/C15H20ClN3O2/c1-2-21-13-6-5-12(16)14(18-13)15(20)17-10-7-8-19(9-10)11-3-4-11/h5-6,10-11H,2-4,7-9H2,1H3,(H,17,20)/t10-/m1/s1. The first-order valence-electron chi connectivity index (χ1n) is 7.51. The van der Waals surface area contributed by atoms with Gasteiger partial charge < -0.3 is 10.1 Å². The van der Waals surface area contributed by atoms with Crippen molar-refractivity contribution in [2.24, 2.45) is 0 Å². The zero-order valence-electron chi connectivity index (χ0n) is 12.1. The van der Waals surface area contributed by atoms with E-state index in [0.29, 0.717) is 17.5 Å². The van der Waals surface area contributed by atoms with E-state index in [9.17, 15) is 4.79 Å². The summed E-state index contributed by atoms with van der Waals surface area (Å²) in [6.45, 7) is 4.38. The molecule has 1 aromatic rings. The van der Waals surface area contributed by atoms with E-state index >= 15 is 0 Å². The van der Waals surface area contributed by atoms with Crippen LogP contribution in [0.4, 0.5) is 0 Å². The maximum absolute atomic E-state index is 12.3. The summed E-state index contributed by atoms with van der Waals surface area (Å²) in [6, 6.07) is 4.26. The van der Waals surface area contributed by atoms with E-state index in [1.165, 1.54) is 12.8 Å². The average Bonchev–Trinajstić information content (AvgIpc) is 3.22. The van der Waals surface area contributed by atoms with Gasteiger partial charge in [0.05, 0.1) is 11.6 Å². The van der Waals surface area contributed by atoms with Gasteiger partial charge in [-0.25, -0.2) is 4.98 Å². The van der Waals surface area contributed by atoms with Crippen molar-refractivity contribution in [3.63, 3.8) is 0 Å². The second kappa shape index (κ2) is 6.20. The van der Waals surface area contributed by atoms with Gasteiger partial charge in [0.15, 0.2) is 5.69 Å². The summed E-state index contributed by atoms with van der Waals surface area (Å²) in [6.07, 6.45) is 3.58. The fourth-order valence-electron chi connectivity index (χ4n) is 2.74. The third-order valence-electron chi connectivity index (χ3n) is 3.95. The lowest BCUT2D eigenvalue weighted by molar-refractivity contribution is 0.0931. The lowest BCUT2D eigenvalue weighted by Gasteiger charge is -2.16. The highest BCUT2D eigenvalue weighted by Crippen LogP contribution is 2.30. The van der Waals surface area contributed by atoms with Gasteiger partial charge in [-0.15, -0.1) is 0 Å². The lowest BCUT2D eigenvalue weighted by atomic mass is 10.2. The fraction of sp³-hybridized carbons (Fsp3) is 0.600. The number of pyridine rings is 1. The van der Waals surface area contributed by atoms with Crippen molar-refractivity contribution in [1.29, 1.82) is 0 Å². The number of halogens is 1. The lowest BCUT2D eigenvalue weighted by Crippen LogP contribution is -2.38. The minimum atomic E-state index is -0.218. The highest BCUT2D eigenvalue weighted by molar-refractivity contribution is 6.33. The van der Waals surface area contributed by atoms with Gasteiger partial charge in [0.25, 0.3) is 5.91 Å². The largest absolute Gasteiger partial charge is 0.478 e. The second-order valence-corrected chi connectivity index (χ2v) is 6.01. The van der Waals surface area contributed by atoms with Crippen LogP contribution in [0.15, 0.2) is 12.1 Å². The Kier molecular flexibility index (Phi) is 4.31. The molecule has 0 bridgehead atoms. The summed E-state index contributed by atoms with van der Waals surface area (Å²) in [7, 11) is 0. The third-order valence-corrected chi connectivity index (χ3v) is 4.25. The highest BCUT2D eigenvalue weighted by Gasteiger charge is 2.35. The Morgan fingerprint density at radius 2 is 2.29 bits per heavy atom. The molecule has 1 aliphatic carbocycles. The molecule has 1 saturated carbocycles. The van der Waals surface area contributed by atoms with Crippen molar-refractivity contribution in [2.75, 3.05) is 19.7 Å². The van der Waals surface area contributed by atoms with Gasteiger partial charge in [-0.05, 0) is 32.3 Å². The topological polar surface area (TPSA) is 54.5 Å². The van der Waals surface area contributed by atoms with Crippen LogP contribution in [0.5, 0.6) is 5.88 Å². The molecular weight excluding hydrogens is 290 g/mol. The van der Waals surface area contributed by atoms with Crippen LogP contribution in [0.25, 0.3) is 0 Å². The van der Waals surface area contributed by atoms with Crippen molar-refractivity contribution in [2.45, 2.75) is 38.3 Å². The zero-order chi connectivity index (χ0) is 14.8. The molecule has 1 atom stereocenters. The van der Waals surface area contributed by atoms with Crippen LogP contribution in [0.2, 0.25) is 5.02 Å². The van der Waals surface area contributed by atoms with Gasteiger partial charge in [0, 0.05) is 31.2 Å². The molecule has 6 heteroatoms. The number of amides is 1. The number of carbonyl (C=O) groups excluding carboxylic acids is 1. The summed E-state index contributed by atoms with van der Waals surface area (Å²) < 4.78 is 5.32. The number of hydrogen-bond donors (Lipinski definition) is 1. The molecule has 21 heavy (non-hydrogen) atoms. The maximum Gasteiger partial charge on any atom is 0.271 e. The summed E-state index contributed by atoms with van der Waals surface area (Å²) in [5.41, 5.74) is 0.243. The number of hydrogen-bond acceptors (Lipinski definition) is 4. The van der Waals surface area contributed by atoms with E-state index in [0.717, 1.165) is 25.6 Å². The molecular formula is C15H20ClN3O2. The molecule has 1 N–H and O–H groups in total. The van der Waals surface area contributed by atoms with E-state index in [1.54, 1.807) is 12.1 Å². The molecule has 1 saturated heterocycles. The van der Waals surface area contributed by atoms with E-state index in [1.807, 2.05) is 6.92 Å². The molecule has 3 rings (SSSR count). The number of nitrogens with zero attached hydrogens (tertiary/aromatic N) is 2. The van der Waals surface area contributed by atoms with Gasteiger partial charge in [-0.1, -0.05) is 11.6 Å². The predicted octanol–water partition coefficient (Wildman–Crippen LogP) is 2.10. The van der Waals surface area contributed by atoms with Crippen molar-refractivity contribution < 1.29 is 9.53 Å². The van der Waals surface area contributed by atoms with Crippen molar-refractivity contribution in [1.82, 2.24) is 15.2 Å². The predicted molar refractivity (Wildman–Crippen MR) is 80.9 cm³/mol. The third kappa shape index (κ3) is 3.47. The number of nitrogens with one attached hydrogen (secondary N) is 1. The Morgan fingerprint density at radius 1 is 1.48 bits per heavy atom. The summed E-state index contributed by atoms with van der Waals surface area (Å²) in [5, 5.41) is 3.39. The molecule has 0 spiro atoms. The van der Waals surface area contributed by atoms with Crippen molar-refractivity contribution >= 4 is 17.5 Å². The molecule has 0 aromatic carbocycles. The van der Waals surface area contributed by atoms with Gasteiger partial charge in [-0.2, -0.15) is 0 Å². The number of rotatable bonds is 5. The quantitative estimate of drug-likeness (QED) is 0.905. The monoisotopic (exact) mass is 309 g/mol. The van der Waals surface area contributed by atoms with Crippen LogP contribution in [-0.2, 0) is 0 Å². The first-order chi connectivity index (χ1) is 10.2. The first kappa shape index (κ1) is 14.6. The maximum atomic E-state index is 12.3. The van der Waals surface area contributed by atoms with E-state index in [4.69, 9.17) is 16.3 Å². The molecule has 2 fully saturated rings. The molecule has 1 aliphatic heterocycles. The molecule has 0 radical (unpaired) electrons. The van der Waals surface area contributed by atoms with Crippen LogP contribution >= 0.6 is 11.6 Å². The van der Waals surface area contributed by atoms with Crippen LogP contribution in [0.3, 0.4) is 0 Å². The molecule has 2 heterocycles. The average molecular weight is 310 g/mol. The Bertz CT molecular complexity index is 534. The Morgan fingerprint density at radius 3 is 3.00 bits per heavy atom. The Labute approximate surface area is 129 Å².